The second-order valence-electron chi connectivity index (χ2n) is 3.56. The van der Waals surface area contributed by atoms with Crippen LogP contribution in [0.3, 0.4) is 0 Å². The molecule has 14 heavy (non-hydrogen) atoms. The van der Waals surface area contributed by atoms with Crippen molar-refractivity contribution in [1.29, 1.82) is 0 Å². The van der Waals surface area contributed by atoms with Crippen molar-refractivity contribution in [2.75, 3.05) is 0 Å². The monoisotopic (exact) mass is 193 g/mol. The lowest BCUT2D eigenvalue weighted by Gasteiger charge is -2.07. The first-order chi connectivity index (χ1) is 6.68. The molecule has 0 bridgehead atoms. The average Bonchev–Trinajstić information content (AvgIpc) is 2.15. The molecule has 0 saturated heterocycles. The van der Waals surface area contributed by atoms with E-state index in [2.05, 4.69) is 4.98 Å². The number of aromatic nitrogens is 1. The molecule has 3 heteroatoms. The predicted molar refractivity (Wildman–Crippen MR) is 54.0 cm³/mol. The summed E-state index contributed by atoms with van der Waals surface area (Å²) < 4.78 is 0. The van der Waals surface area contributed by atoms with Crippen molar-refractivity contribution >= 4 is 5.97 Å². The number of carboxylic acids is 1. The van der Waals surface area contributed by atoms with Gasteiger partial charge >= 0.3 is 5.97 Å². The Morgan fingerprint density at radius 3 is 2.93 bits per heavy atom. The van der Waals surface area contributed by atoms with Gasteiger partial charge in [0, 0.05) is 18.3 Å². The Morgan fingerprint density at radius 1 is 1.57 bits per heavy atom. The third kappa shape index (κ3) is 4.03. The van der Waals surface area contributed by atoms with E-state index >= 15 is 0 Å². The Bertz CT molecular complexity index is 285. The highest BCUT2D eigenvalue weighted by Crippen LogP contribution is 2.10. The van der Waals surface area contributed by atoms with E-state index in [1.165, 1.54) is 0 Å². The van der Waals surface area contributed by atoms with Crippen LogP contribution in [0.5, 0.6) is 0 Å². The summed E-state index contributed by atoms with van der Waals surface area (Å²) in [5.41, 5.74) is 1.03. The van der Waals surface area contributed by atoms with Crippen LogP contribution >= 0.6 is 0 Å². The summed E-state index contributed by atoms with van der Waals surface area (Å²) in [5, 5.41) is 8.57. The molecule has 0 spiro atoms. The lowest BCUT2D eigenvalue weighted by atomic mass is 10.0. The number of hydrogen-bond donors (Lipinski definition) is 1. The standard InChI is InChI=1S/C11H15NO2/c1-9(8-11(13)14)5-6-10-4-2-3-7-12-10/h2-4,7,9H,5-6,8H2,1H3,(H,13,14). The molecule has 0 radical (unpaired) electrons. The lowest BCUT2D eigenvalue weighted by molar-refractivity contribution is -0.138. The Kier molecular flexibility index (Phi) is 4.11. The number of aryl methyl sites for hydroxylation is 1. The van der Waals surface area contributed by atoms with Crippen LogP contribution in [0, 0.1) is 5.92 Å². The quantitative estimate of drug-likeness (QED) is 0.779. The van der Waals surface area contributed by atoms with Gasteiger partial charge in [0.2, 0.25) is 0 Å². The van der Waals surface area contributed by atoms with Crippen molar-refractivity contribution in [1.82, 2.24) is 4.98 Å². The van der Waals surface area contributed by atoms with E-state index in [0.29, 0.717) is 0 Å². The Hall–Kier alpha value is -1.38. The second-order valence-corrected chi connectivity index (χ2v) is 3.56. The average molecular weight is 193 g/mol. The van der Waals surface area contributed by atoms with Gasteiger partial charge in [0.25, 0.3) is 0 Å². The topological polar surface area (TPSA) is 50.2 Å². The molecular weight excluding hydrogens is 178 g/mol. The third-order valence-corrected chi connectivity index (χ3v) is 2.14. The first kappa shape index (κ1) is 10.7. The number of hydrogen-bond acceptors (Lipinski definition) is 2. The van der Waals surface area contributed by atoms with Gasteiger partial charge in [-0.05, 0) is 30.9 Å². The van der Waals surface area contributed by atoms with Crippen LogP contribution in [-0.2, 0) is 11.2 Å². The highest BCUT2D eigenvalue weighted by Gasteiger charge is 2.07. The molecule has 1 unspecified atom stereocenters. The number of carbonyl (C=O) groups is 1. The highest BCUT2D eigenvalue weighted by atomic mass is 16.4. The van der Waals surface area contributed by atoms with Gasteiger partial charge in [-0.15, -0.1) is 0 Å². The maximum Gasteiger partial charge on any atom is 0.303 e. The van der Waals surface area contributed by atoms with Gasteiger partial charge in [-0.2, -0.15) is 0 Å². The fraction of sp³-hybridized carbons (Fsp3) is 0.455. The molecule has 0 saturated carbocycles. The van der Waals surface area contributed by atoms with Crippen LogP contribution in [-0.4, -0.2) is 16.1 Å². The van der Waals surface area contributed by atoms with Crippen molar-refractivity contribution in [3.8, 4) is 0 Å². The molecule has 0 aliphatic heterocycles. The highest BCUT2D eigenvalue weighted by molar-refractivity contribution is 5.66. The molecular formula is C11H15NO2. The molecule has 0 aliphatic rings. The minimum absolute atomic E-state index is 0.217. The van der Waals surface area contributed by atoms with Gasteiger partial charge in [0.1, 0.15) is 0 Å². The van der Waals surface area contributed by atoms with Crippen molar-refractivity contribution in [3.63, 3.8) is 0 Å². The summed E-state index contributed by atoms with van der Waals surface area (Å²) in [6.07, 6.45) is 3.74. The van der Waals surface area contributed by atoms with Crippen molar-refractivity contribution < 1.29 is 9.90 Å². The molecule has 1 N–H and O–H groups in total. The van der Waals surface area contributed by atoms with Gasteiger partial charge in [-0.1, -0.05) is 13.0 Å². The maximum absolute atomic E-state index is 10.4. The van der Waals surface area contributed by atoms with E-state index in [-0.39, 0.29) is 12.3 Å². The van der Waals surface area contributed by atoms with E-state index in [1.54, 1.807) is 6.20 Å². The van der Waals surface area contributed by atoms with Crippen molar-refractivity contribution in [2.45, 2.75) is 26.2 Å². The fourth-order valence-electron chi connectivity index (χ4n) is 1.34. The smallest absolute Gasteiger partial charge is 0.303 e. The first-order valence-corrected chi connectivity index (χ1v) is 4.80. The predicted octanol–water partition coefficient (Wildman–Crippen LogP) is 2.12. The number of aliphatic carboxylic acids is 1. The SMILES string of the molecule is CC(CCc1ccccn1)CC(=O)O. The zero-order valence-electron chi connectivity index (χ0n) is 8.31. The van der Waals surface area contributed by atoms with Gasteiger partial charge in [-0.3, -0.25) is 9.78 Å². The summed E-state index contributed by atoms with van der Waals surface area (Å²) in [7, 11) is 0. The molecule has 0 amide bonds. The number of nitrogens with zero attached hydrogens (tertiary/aromatic N) is 1. The van der Waals surface area contributed by atoms with Gasteiger partial charge < -0.3 is 5.11 Å². The van der Waals surface area contributed by atoms with Crippen LogP contribution in [0.4, 0.5) is 0 Å². The van der Waals surface area contributed by atoms with Gasteiger partial charge in [-0.25, -0.2) is 0 Å². The zero-order chi connectivity index (χ0) is 10.4. The Morgan fingerprint density at radius 2 is 2.36 bits per heavy atom. The summed E-state index contributed by atoms with van der Waals surface area (Å²) in [6.45, 7) is 1.96. The van der Waals surface area contributed by atoms with Crippen LogP contribution in [0.15, 0.2) is 24.4 Å². The zero-order valence-corrected chi connectivity index (χ0v) is 8.31. The first-order valence-electron chi connectivity index (χ1n) is 4.80. The summed E-state index contributed by atoms with van der Waals surface area (Å²) >= 11 is 0. The Balaban J connectivity index is 2.30. The van der Waals surface area contributed by atoms with Crippen LogP contribution in [0.1, 0.15) is 25.5 Å². The van der Waals surface area contributed by atoms with Crippen LogP contribution in [0.2, 0.25) is 0 Å². The number of pyridine rings is 1. The molecule has 1 aromatic rings. The van der Waals surface area contributed by atoms with E-state index in [0.717, 1.165) is 18.5 Å². The van der Waals surface area contributed by atoms with Crippen molar-refractivity contribution in [3.05, 3.63) is 30.1 Å². The van der Waals surface area contributed by atoms with E-state index in [1.807, 2.05) is 25.1 Å². The van der Waals surface area contributed by atoms with Crippen LogP contribution < -0.4 is 0 Å². The molecule has 0 aliphatic carbocycles. The van der Waals surface area contributed by atoms with E-state index in [9.17, 15) is 4.79 Å². The molecule has 0 fully saturated rings. The molecule has 3 nitrogen and oxygen atoms in total. The summed E-state index contributed by atoms with van der Waals surface area (Å²) in [5.74, 6) is -0.506. The van der Waals surface area contributed by atoms with Crippen LogP contribution in [0.25, 0.3) is 0 Å². The normalized spacial score (nSPS) is 12.4. The molecule has 1 atom stereocenters. The minimum Gasteiger partial charge on any atom is -0.481 e. The largest absolute Gasteiger partial charge is 0.481 e. The van der Waals surface area contributed by atoms with E-state index in [4.69, 9.17) is 5.11 Å². The molecule has 1 heterocycles. The molecule has 1 aromatic heterocycles. The fourth-order valence-corrected chi connectivity index (χ4v) is 1.34. The maximum atomic E-state index is 10.4. The Labute approximate surface area is 83.8 Å². The summed E-state index contributed by atoms with van der Waals surface area (Å²) in [4.78, 5) is 14.6. The number of rotatable bonds is 5. The van der Waals surface area contributed by atoms with Gasteiger partial charge in [0.15, 0.2) is 0 Å². The minimum atomic E-state index is -0.724. The molecule has 76 valence electrons. The second kappa shape index (κ2) is 5.37. The van der Waals surface area contributed by atoms with Gasteiger partial charge in [0.05, 0.1) is 0 Å². The molecule has 0 aromatic carbocycles. The summed E-state index contributed by atoms with van der Waals surface area (Å²) in [6, 6.07) is 5.79. The third-order valence-electron chi connectivity index (χ3n) is 2.14. The number of carboxylic acid groups (broad SMARTS) is 1. The molecule has 1 rings (SSSR count). The van der Waals surface area contributed by atoms with Crippen molar-refractivity contribution in [2.24, 2.45) is 5.92 Å². The van der Waals surface area contributed by atoms with E-state index < -0.39 is 5.97 Å². The lowest BCUT2D eigenvalue weighted by Crippen LogP contribution is -2.05.